The van der Waals surface area contributed by atoms with Gasteiger partial charge in [-0.2, -0.15) is 0 Å². The first-order valence-electron chi connectivity index (χ1n) is 6.44. The van der Waals surface area contributed by atoms with Gasteiger partial charge in [0, 0.05) is 24.7 Å². The third-order valence-electron chi connectivity index (χ3n) is 2.15. The van der Waals surface area contributed by atoms with Crippen molar-refractivity contribution in [3.63, 3.8) is 0 Å². The molecule has 104 valence electrons. The zero-order valence-corrected chi connectivity index (χ0v) is 12.3. The highest BCUT2D eigenvalue weighted by Crippen LogP contribution is 2.18. The maximum Gasteiger partial charge on any atom is 0.135 e. The van der Waals surface area contributed by atoms with Crippen LogP contribution >= 0.6 is 11.5 Å². The number of anilines is 1. The number of rotatable bonds is 10. The van der Waals surface area contributed by atoms with Crippen LogP contribution in [0.15, 0.2) is 0 Å². The minimum absolute atomic E-state index is 0.494. The van der Waals surface area contributed by atoms with Crippen LogP contribution in [0.2, 0.25) is 0 Å². The molecule has 1 heterocycles. The lowest BCUT2D eigenvalue weighted by atomic mass is 10.2. The molecule has 0 aliphatic heterocycles. The molecular formula is C12H23N3O2S. The Morgan fingerprint density at radius 1 is 1.28 bits per heavy atom. The van der Waals surface area contributed by atoms with Crippen LogP contribution in [-0.4, -0.2) is 36.0 Å². The van der Waals surface area contributed by atoms with Crippen LogP contribution in [0.5, 0.6) is 0 Å². The predicted octanol–water partition coefficient (Wildman–Crippen LogP) is 2.55. The molecule has 0 aliphatic carbocycles. The Hall–Kier alpha value is -0.720. The average molecular weight is 273 g/mol. The van der Waals surface area contributed by atoms with Gasteiger partial charge in [0.2, 0.25) is 0 Å². The van der Waals surface area contributed by atoms with Crippen LogP contribution in [0.1, 0.15) is 32.9 Å². The van der Waals surface area contributed by atoms with Gasteiger partial charge in [0.1, 0.15) is 10.7 Å². The summed E-state index contributed by atoms with van der Waals surface area (Å²) in [6.45, 7) is 9.84. The van der Waals surface area contributed by atoms with Crippen LogP contribution < -0.4 is 5.32 Å². The summed E-state index contributed by atoms with van der Waals surface area (Å²) in [7, 11) is 0. The van der Waals surface area contributed by atoms with Crippen LogP contribution in [0.3, 0.4) is 0 Å². The van der Waals surface area contributed by atoms with Crippen LogP contribution in [0.25, 0.3) is 0 Å². The summed E-state index contributed by atoms with van der Waals surface area (Å²) in [5.74, 6) is 0.567. The maximum absolute atomic E-state index is 5.52. The molecule has 0 saturated carbocycles. The van der Waals surface area contributed by atoms with Gasteiger partial charge in [-0.25, -0.2) is 0 Å². The Balaban J connectivity index is 2.13. The summed E-state index contributed by atoms with van der Waals surface area (Å²) in [6.07, 6.45) is 1.08. The van der Waals surface area contributed by atoms with E-state index in [0.29, 0.717) is 25.7 Å². The topological polar surface area (TPSA) is 56.3 Å². The van der Waals surface area contributed by atoms with Gasteiger partial charge in [0.15, 0.2) is 0 Å². The van der Waals surface area contributed by atoms with Gasteiger partial charge in [-0.1, -0.05) is 25.3 Å². The summed E-state index contributed by atoms with van der Waals surface area (Å²) in [5, 5.41) is 8.36. The lowest BCUT2D eigenvalue weighted by Crippen LogP contribution is -2.09. The first kappa shape index (κ1) is 15.3. The SMILES string of the molecule is CCCNc1snnc1COCCOCC(C)C. The summed E-state index contributed by atoms with van der Waals surface area (Å²) in [5.41, 5.74) is 0.886. The van der Waals surface area contributed by atoms with Crippen molar-refractivity contribution in [3.8, 4) is 0 Å². The average Bonchev–Trinajstić information content (AvgIpc) is 2.78. The van der Waals surface area contributed by atoms with Crippen molar-refractivity contribution in [2.45, 2.75) is 33.8 Å². The number of hydrogen-bond donors (Lipinski definition) is 1. The molecule has 1 aromatic rings. The standard InChI is InChI=1S/C12H23N3O2S/c1-4-5-13-12-11(14-15-18-12)9-17-7-6-16-8-10(2)3/h10,13H,4-9H2,1-3H3. The second-order valence-electron chi connectivity index (χ2n) is 4.50. The minimum atomic E-state index is 0.494. The Morgan fingerprint density at radius 3 is 2.78 bits per heavy atom. The third kappa shape index (κ3) is 6.28. The molecule has 0 fully saturated rings. The number of ether oxygens (including phenoxy) is 2. The zero-order chi connectivity index (χ0) is 13.2. The Kier molecular flexibility index (Phi) is 7.88. The fourth-order valence-corrected chi connectivity index (χ4v) is 1.87. The van der Waals surface area contributed by atoms with Gasteiger partial charge < -0.3 is 14.8 Å². The molecule has 0 bridgehead atoms. The van der Waals surface area contributed by atoms with E-state index in [0.717, 1.165) is 30.3 Å². The summed E-state index contributed by atoms with van der Waals surface area (Å²) in [6, 6.07) is 0. The van der Waals surface area contributed by atoms with Crippen LogP contribution in [0.4, 0.5) is 5.00 Å². The fraction of sp³-hybridized carbons (Fsp3) is 0.833. The lowest BCUT2D eigenvalue weighted by molar-refractivity contribution is 0.0306. The van der Waals surface area contributed by atoms with E-state index in [-0.39, 0.29) is 0 Å². The third-order valence-corrected chi connectivity index (χ3v) is 2.88. The van der Waals surface area contributed by atoms with Crippen molar-refractivity contribution >= 4 is 16.5 Å². The van der Waals surface area contributed by atoms with E-state index in [1.54, 1.807) is 0 Å². The summed E-state index contributed by atoms with van der Waals surface area (Å²) in [4.78, 5) is 0. The zero-order valence-electron chi connectivity index (χ0n) is 11.4. The normalized spacial score (nSPS) is 11.1. The Morgan fingerprint density at radius 2 is 2.06 bits per heavy atom. The number of nitrogens with one attached hydrogen (secondary N) is 1. The van der Waals surface area contributed by atoms with Gasteiger partial charge in [0.25, 0.3) is 0 Å². The van der Waals surface area contributed by atoms with Crippen molar-refractivity contribution in [1.29, 1.82) is 0 Å². The number of nitrogens with zero attached hydrogens (tertiary/aromatic N) is 2. The molecule has 1 rings (SSSR count). The minimum Gasteiger partial charge on any atom is -0.379 e. The fourth-order valence-electron chi connectivity index (χ4n) is 1.28. The molecule has 0 unspecified atom stereocenters. The molecule has 0 spiro atoms. The van der Waals surface area contributed by atoms with Crippen molar-refractivity contribution in [3.05, 3.63) is 5.69 Å². The first-order valence-corrected chi connectivity index (χ1v) is 7.22. The highest BCUT2D eigenvalue weighted by atomic mass is 32.1. The summed E-state index contributed by atoms with van der Waals surface area (Å²) >= 11 is 1.38. The molecule has 6 heteroatoms. The molecule has 0 aliphatic rings. The smallest absolute Gasteiger partial charge is 0.135 e. The van der Waals surface area contributed by atoms with Gasteiger partial charge in [0.05, 0.1) is 19.8 Å². The molecular weight excluding hydrogens is 250 g/mol. The maximum atomic E-state index is 5.52. The molecule has 0 aromatic carbocycles. The van der Waals surface area contributed by atoms with Crippen molar-refractivity contribution < 1.29 is 9.47 Å². The lowest BCUT2D eigenvalue weighted by Gasteiger charge is -2.07. The highest BCUT2D eigenvalue weighted by Gasteiger charge is 2.06. The van der Waals surface area contributed by atoms with Crippen molar-refractivity contribution in [2.24, 2.45) is 5.92 Å². The number of aromatic nitrogens is 2. The van der Waals surface area contributed by atoms with Gasteiger partial charge in [-0.3, -0.25) is 0 Å². The predicted molar refractivity (Wildman–Crippen MR) is 74.0 cm³/mol. The second-order valence-corrected chi connectivity index (χ2v) is 5.25. The monoisotopic (exact) mass is 273 g/mol. The Labute approximate surface area is 113 Å². The molecule has 18 heavy (non-hydrogen) atoms. The molecule has 1 aromatic heterocycles. The number of hydrogen-bond acceptors (Lipinski definition) is 6. The molecule has 0 amide bonds. The van der Waals surface area contributed by atoms with E-state index >= 15 is 0 Å². The largest absolute Gasteiger partial charge is 0.379 e. The van der Waals surface area contributed by atoms with E-state index in [9.17, 15) is 0 Å². The molecule has 5 nitrogen and oxygen atoms in total. The van der Waals surface area contributed by atoms with E-state index in [2.05, 4.69) is 35.7 Å². The summed E-state index contributed by atoms with van der Waals surface area (Å²) < 4.78 is 14.9. The van der Waals surface area contributed by atoms with E-state index < -0.39 is 0 Å². The molecule has 1 N–H and O–H groups in total. The van der Waals surface area contributed by atoms with Crippen molar-refractivity contribution in [1.82, 2.24) is 9.59 Å². The van der Waals surface area contributed by atoms with Gasteiger partial charge >= 0.3 is 0 Å². The van der Waals surface area contributed by atoms with Crippen LogP contribution in [-0.2, 0) is 16.1 Å². The van der Waals surface area contributed by atoms with E-state index in [1.807, 2.05) is 0 Å². The van der Waals surface area contributed by atoms with E-state index in [1.165, 1.54) is 11.5 Å². The van der Waals surface area contributed by atoms with Gasteiger partial charge in [-0.05, 0) is 12.3 Å². The van der Waals surface area contributed by atoms with Gasteiger partial charge in [-0.15, -0.1) is 5.10 Å². The van der Waals surface area contributed by atoms with Crippen LogP contribution in [0, 0.1) is 5.92 Å². The second kappa shape index (κ2) is 9.24. The Bertz CT molecular complexity index is 318. The quantitative estimate of drug-likeness (QED) is 0.664. The highest BCUT2D eigenvalue weighted by molar-refractivity contribution is 7.10. The first-order chi connectivity index (χ1) is 8.74. The van der Waals surface area contributed by atoms with Crippen molar-refractivity contribution in [2.75, 3.05) is 31.7 Å². The molecule has 0 radical (unpaired) electrons. The molecule has 0 saturated heterocycles. The van der Waals surface area contributed by atoms with E-state index in [4.69, 9.17) is 9.47 Å². The molecule has 0 atom stereocenters.